The minimum Gasteiger partial charge on any atom is -0.383 e. The fourth-order valence-corrected chi connectivity index (χ4v) is 4.00. The zero-order chi connectivity index (χ0) is 24.1. The van der Waals surface area contributed by atoms with Crippen LogP contribution in [0.25, 0.3) is 16.5 Å². The average Bonchev–Trinajstić information content (AvgIpc) is 2.79. The van der Waals surface area contributed by atoms with Crippen LogP contribution in [0.15, 0.2) is 65.6 Å². The third kappa shape index (κ3) is 4.65. The number of nitrogens with two attached hydrogens (primary N) is 1. The molecule has 0 saturated heterocycles. The maximum atomic E-state index is 13.6. The van der Waals surface area contributed by atoms with Crippen molar-refractivity contribution in [2.45, 2.75) is 41.2 Å². The van der Waals surface area contributed by atoms with Gasteiger partial charge in [0.05, 0.1) is 23.2 Å². The van der Waals surface area contributed by atoms with E-state index < -0.39 is 0 Å². The third-order valence-corrected chi connectivity index (χ3v) is 5.50. The summed E-state index contributed by atoms with van der Waals surface area (Å²) >= 11 is 0. The van der Waals surface area contributed by atoms with Gasteiger partial charge in [-0.2, -0.15) is 0 Å². The van der Waals surface area contributed by atoms with Gasteiger partial charge >= 0.3 is 0 Å². The topological polar surface area (TPSA) is 96.8 Å². The number of benzene rings is 2. The van der Waals surface area contributed by atoms with E-state index in [2.05, 4.69) is 10.3 Å². The van der Waals surface area contributed by atoms with Gasteiger partial charge in [-0.25, -0.2) is 4.98 Å². The Balaban J connectivity index is 0.00000149. The quantitative estimate of drug-likeness (QED) is 0.351. The van der Waals surface area contributed by atoms with Crippen LogP contribution in [0.1, 0.15) is 43.2 Å². The maximum Gasteiger partial charge on any atom is 0.263 e. The van der Waals surface area contributed by atoms with E-state index in [1.54, 1.807) is 23.8 Å². The minimum atomic E-state index is -0.0422. The summed E-state index contributed by atoms with van der Waals surface area (Å²) in [5.74, 6) is 0.308. The van der Waals surface area contributed by atoms with Crippen molar-refractivity contribution in [2.75, 3.05) is 11.1 Å². The number of rotatable bonds is 5. The number of nitrogen functional groups attached to an aromatic ring is 1. The number of hydrogen-bond donors (Lipinski definition) is 3. The van der Waals surface area contributed by atoms with Crippen molar-refractivity contribution in [3.63, 3.8) is 0 Å². The number of para-hydroxylation sites is 1. The number of anilines is 2. The molecule has 6 heteroatoms. The van der Waals surface area contributed by atoms with Crippen molar-refractivity contribution in [1.29, 1.82) is 5.41 Å². The van der Waals surface area contributed by atoms with Crippen molar-refractivity contribution < 1.29 is 0 Å². The summed E-state index contributed by atoms with van der Waals surface area (Å²) < 4.78 is 1.78. The van der Waals surface area contributed by atoms with Crippen LogP contribution in [0.2, 0.25) is 0 Å². The Kier molecular flexibility index (Phi) is 7.28. The molecule has 0 aliphatic rings. The number of hydrogen-bond acceptors (Lipinski definition) is 5. The number of pyridine rings is 2. The highest BCUT2D eigenvalue weighted by Gasteiger charge is 2.15. The summed E-state index contributed by atoms with van der Waals surface area (Å²) in [6, 6.07) is 17.6. The molecular formula is C27H31N5O. The summed E-state index contributed by atoms with van der Waals surface area (Å²) in [5.41, 5.74) is 11.2. The van der Waals surface area contributed by atoms with Crippen LogP contribution in [0.5, 0.6) is 0 Å². The SMILES string of the molecule is CC.CC(=N)c1c(NCc2cc3cccc(C)c3c(=O)n2-c2ccccc2C)ccnc1N. The molecule has 4 N–H and O–H groups in total. The first-order valence-corrected chi connectivity index (χ1v) is 11.1. The summed E-state index contributed by atoms with van der Waals surface area (Å²) in [6.07, 6.45) is 1.61. The molecule has 0 unspecified atom stereocenters. The van der Waals surface area contributed by atoms with Crippen molar-refractivity contribution in [1.82, 2.24) is 9.55 Å². The first-order valence-electron chi connectivity index (χ1n) is 11.1. The van der Waals surface area contributed by atoms with Crippen LogP contribution < -0.4 is 16.6 Å². The highest BCUT2D eigenvalue weighted by Crippen LogP contribution is 2.24. The molecule has 2 heterocycles. The predicted molar refractivity (Wildman–Crippen MR) is 139 cm³/mol. The molecule has 6 nitrogen and oxygen atoms in total. The van der Waals surface area contributed by atoms with Crippen molar-refractivity contribution in [3.05, 3.63) is 93.5 Å². The van der Waals surface area contributed by atoms with Gasteiger partial charge in [-0.3, -0.25) is 9.36 Å². The Bertz CT molecular complexity index is 1370. The normalized spacial score (nSPS) is 10.5. The van der Waals surface area contributed by atoms with Gasteiger partial charge < -0.3 is 16.5 Å². The van der Waals surface area contributed by atoms with E-state index in [1.807, 2.05) is 76.2 Å². The lowest BCUT2D eigenvalue weighted by atomic mass is 10.0. The van der Waals surface area contributed by atoms with E-state index in [-0.39, 0.29) is 5.56 Å². The van der Waals surface area contributed by atoms with Gasteiger partial charge in [0.15, 0.2) is 0 Å². The molecule has 0 radical (unpaired) electrons. The Morgan fingerprint density at radius 1 is 1.06 bits per heavy atom. The van der Waals surface area contributed by atoms with Gasteiger partial charge in [0.2, 0.25) is 0 Å². The van der Waals surface area contributed by atoms with Gasteiger partial charge in [0, 0.05) is 23.3 Å². The Morgan fingerprint density at radius 3 is 2.45 bits per heavy atom. The van der Waals surface area contributed by atoms with Crippen LogP contribution in [0, 0.1) is 19.3 Å². The number of nitrogens with one attached hydrogen (secondary N) is 2. The highest BCUT2D eigenvalue weighted by molar-refractivity contribution is 6.05. The van der Waals surface area contributed by atoms with Crippen LogP contribution in [-0.2, 0) is 6.54 Å². The first kappa shape index (κ1) is 23.7. The van der Waals surface area contributed by atoms with Gasteiger partial charge in [-0.05, 0) is 55.5 Å². The Hall–Kier alpha value is -3.93. The first-order chi connectivity index (χ1) is 15.9. The summed E-state index contributed by atoms with van der Waals surface area (Å²) in [5, 5.41) is 13.1. The van der Waals surface area contributed by atoms with Gasteiger partial charge in [-0.15, -0.1) is 0 Å². The lowest BCUT2D eigenvalue weighted by Crippen LogP contribution is -2.25. The molecule has 0 saturated carbocycles. The molecule has 2 aromatic carbocycles. The fourth-order valence-electron chi connectivity index (χ4n) is 4.00. The molecule has 0 bridgehead atoms. The molecule has 0 amide bonds. The van der Waals surface area contributed by atoms with E-state index >= 15 is 0 Å². The zero-order valence-electron chi connectivity index (χ0n) is 19.9. The molecule has 0 spiro atoms. The highest BCUT2D eigenvalue weighted by atomic mass is 16.1. The zero-order valence-corrected chi connectivity index (χ0v) is 19.9. The monoisotopic (exact) mass is 441 g/mol. The van der Waals surface area contributed by atoms with E-state index in [0.717, 1.165) is 33.3 Å². The fraction of sp³-hybridized carbons (Fsp3) is 0.222. The predicted octanol–water partition coefficient (Wildman–Crippen LogP) is 5.61. The maximum absolute atomic E-state index is 13.6. The molecule has 2 aromatic heterocycles. The molecule has 33 heavy (non-hydrogen) atoms. The lowest BCUT2D eigenvalue weighted by Gasteiger charge is -2.19. The van der Waals surface area contributed by atoms with Crippen molar-refractivity contribution >= 4 is 28.0 Å². The summed E-state index contributed by atoms with van der Waals surface area (Å²) in [4.78, 5) is 17.7. The standard InChI is InChI=1S/C25H25N5O.C2H6/c1-15-7-4-5-10-21(15)30-19(13-18-9-6-8-16(2)22(18)25(30)31)14-29-20-11-12-28-24(27)23(20)17(3)26;1-2/h4-13,26H,14H2,1-3H3,(H3,27,28,29);1-2H3. The molecule has 170 valence electrons. The molecule has 4 aromatic rings. The van der Waals surface area contributed by atoms with E-state index in [0.29, 0.717) is 29.3 Å². The van der Waals surface area contributed by atoms with Crippen LogP contribution >= 0.6 is 0 Å². The number of aromatic nitrogens is 2. The van der Waals surface area contributed by atoms with Crippen LogP contribution in [-0.4, -0.2) is 15.3 Å². The Labute approximate surface area is 194 Å². The molecule has 0 aliphatic heterocycles. The van der Waals surface area contributed by atoms with Gasteiger partial charge in [-0.1, -0.05) is 50.2 Å². The average molecular weight is 442 g/mol. The van der Waals surface area contributed by atoms with Crippen LogP contribution in [0.3, 0.4) is 0 Å². The van der Waals surface area contributed by atoms with E-state index in [9.17, 15) is 4.79 Å². The molecule has 0 fully saturated rings. The smallest absolute Gasteiger partial charge is 0.263 e. The second kappa shape index (κ2) is 10.1. The summed E-state index contributed by atoms with van der Waals surface area (Å²) in [6.45, 7) is 10.0. The molecule has 4 rings (SSSR count). The van der Waals surface area contributed by atoms with E-state index in [4.69, 9.17) is 11.1 Å². The molecule has 0 atom stereocenters. The number of nitrogens with zero attached hydrogens (tertiary/aromatic N) is 2. The number of fused-ring (bicyclic) bond motifs is 1. The largest absolute Gasteiger partial charge is 0.383 e. The molecular weight excluding hydrogens is 410 g/mol. The van der Waals surface area contributed by atoms with E-state index in [1.165, 1.54) is 0 Å². The summed E-state index contributed by atoms with van der Waals surface area (Å²) in [7, 11) is 0. The Morgan fingerprint density at radius 2 is 1.76 bits per heavy atom. The van der Waals surface area contributed by atoms with Crippen molar-refractivity contribution in [3.8, 4) is 5.69 Å². The second-order valence-electron chi connectivity index (χ2n) is 7.70. The van der Waals surface area contributed by atoms with Gasteiger partial charge in [0.1, 0.15) is 5.82 Å². The third-order valence-electron chi connectivity index (χ3n) is 5.50. The second-order valence-corrected chi connectivity index (χ2v) is 7.70. The number of aryl methyl sites for hydroxylation is 2. The lowest BCUT2D eigenvalue weighted by molar-refractivity contribution is 0.887. The minimum absolute atomic E-state index is 0.0422. The van der Waals surface area contributed by atoms with Crippen molar-refractivity contribution in [2.24, 2.45) is 0 Å². The van der Waals surface area contributed by atoms with Crippen LogP contribution in [0.4, 0.5) is 11.5 Å². The molecule has 0 aliphatic carbocycles. The van der Waals surface area contributed by atoms with Gasteiger partial charge in [0.25, 0.3) is 5.56 Å².